The van der Waals surface area contributed by atoms with Gasteiger partial charge in [0.05, 0.1) is 5.02 Å². The van der Waals surface area contributed by atoms with Crippen LogP contribution in [0.2, 0.25) is 5.02 Å². The third-order valence-electron chi connectivity index (χ3n) is 2.53. The zero-order chi connectivity index (χ0) is 14.0. The minimum atomic E-state index is -0.0415. The average molecular weight is 341 g/mol. The monoisotopic (exact) mass is 339 g/mol. The van der Waals surface area contributed by atoms with Crippen LogP contribution in [-0.2, 0) is 0 Å². The lowest BCUT2D eigenvalue weighted by atomic mass is 10.2. The number of nitrogens with zero attached hydrogens (tertiary/aromatic N) is 1. The molecule has 19 heavy (non-hydrogen) atoms. The molecule has 2 rings (SSSR count). The van der Waals surface area contributed by atoms with Gasteiger partial charge in [-0.25, -0.2) is 0 Å². The molecule has 0 aliphatic carbocycles. The number of aliphatic imine (C=N–C) groups is 1. The predicted octanol–water partition coefficient (Wildman–Crippen LogP) is 4.57. The number of aromatic hydroxyl groups is 2. The Morgan fingerprint density at radius 1 is 1.21 bits per heavy atom. The Morgan fingerprint density at radius 3 is 2.63 bits per heavy atom. The molecular weight excluding hydrogens is 330 g/mol. The lowest BCUT2D eigenvalue weighted by Crippen LogP contribution is -1.84. The largest absolute Gasteiger partial charge is 0.506 e. The second-order valence-corrected chi connectivity index (χ2v) is 5.40. The number of hydrogen-bond acceptors (Lipinski definition) is 3. The highest BCUT2D eigenvalue weighted by Crippen LogP contribution is 2.31. The summed E-state index contributed by atoms with van der Waals surface area (Å²) in [5, 5.41) is 19.8. The van der Waals surface area contributed by atoms with Crippen LogP contribution >= 0.6 is 27.5 Å². The topological polar surface area (TPSA) is 52.8 Å². The van der Waals surface area contributed by atoms with Crippen molar-refractivity contribution in [2.75, 3.05) is 0 Å². The zero-order valence-corrected chi connectivity index (χ0v) is 12.4. The first-order valence-corrected chi connectivity index (χ1v) is 6.66. The van der Waals surface area contributed by atoms with Crippen LogP contribution in [0.1, 0.15) is 11.1 Å². The van der Waals surface area contributed by atoms with Gasteiger partial charge in [0.25, 0.3) is 0 Å². The van der Waals surface area contributed by atoms with E-state index in [4.69, 9.17) is 11.6 Å². The molecule has 2 aromatic carbocycles. The Balaban J connectivity index is 2.38. The van der Waals surface area contributed by atoms with Crippen LogP contribution in [-0.4, -0.2) is 16.4 Å². The van der Waals surface area contributed by atoms with Gasteiger partial charge in [0.15, 0.2) is 0 Å². The van der Waals surface area contributed by atoms with Crippen LogP contribution in [0.4, 0.5) is 5.69 Å². The van der Waals surface area contributed by atoms with E-state index in [1.165, 1.54) is 6.21 Å². The molecule has 2 N–H and O–H groups in total. The second-order valence-electron chi connectivity index (χ2n) is 4.08. The van der Waals surface area contributed by atoms with Gasteiger partial charge >= 0.3 is 0 Å². The van der Waals surface area contributed by atoms with Gasteiger partial charge in [-0.2, -0.15) is 0 Å². The SMILES string of the molecule is Cc1ccc(N=Cc2cc(Br)cc(Cl)c2O)c(O)c1. The Bertz CT molecular complexity index is 656. The number of rotatable bonds is 2. The molecule has 0 unspecified atom stereocenters. The summed E-state index contributed by atoms with van der Waals surface area (Å²) in [6.07, 6.45) is 1.45. The van der Waals surface area contributed by atoms with Gasteiger partial charge in [-0.05, 0) is 36.8 Å². The molecule has 0 amide bonds. The van der Waals surface area contributed by atoms with E-state index >= 15 is 0 Å². The van der Waals surface area contributed by atoms with Crippen molar-refractivity contribution >= 4 is 39.4 Å². The molecule has 0 aliphatic heterocycles. The minimum absolute atomic E-state index is 0.0415. The first kappa shape index (κ1) is 13.9. The molecule has 98 valence electrons. The van der Waals surface area contributed by atoms with Gasteiger partial charge in [0.2, 0.25) is 0 Å². The van der Waals surface area contributed by atoms with E-state index < -0.39 is 0 Å². The fourth-order valence-electron chi connectivity index (χ4n) is 1.57. The maximum atomic E-state index is 9.81. The summed E-state index contributed by atoms with van der Waals surface area (Å²) < 4.78 is 0.741. The fourth-order valence-corrected chi connectivity index (χ4v) is 2.40. The quantitative estimate of drug-likeness (QED) is 0.787. The maximum absolute atomic E-state index is 9.81. The van der Waals surface area contributed by atoms with Gasteiger partial charge in [0.1, 0.15) is 17.2 Å². The Labute approximate surface area is 124 Å². The smallest absolute Gasteiger partial charge is 0.143 e. The molecule has 5 heteroatoms. The second kappa shape index (κ2) is 5.63. The minimum Gasteiger partial charge on any atom is -0.506 e. The molecule has 0 heterocycles. The van der Waals surface area contributed by atoms with Crippen LogP contribution in [0.25, 0.3) is 0 Å². The molecular formula is C14H11BrClNO2. The van der Waals surface area contributed by atoms with Gasteiger partial charge in [-0.15, -0.1) is 0 Å². The third kappa shape index (κ3) is 3.28. The van der Waals surface area contributed by atoms with E-state index in [-0.39, 0.29) is 16.5 Å². The van der Waals surface area contributed by atoms with Crippen LogP contribution in [0, 0.1) is 6.92 Å². The summed E-state index contributed by atoms with van der Waals surface area (Å²) in [6.45, 7) is 1.88. The summed E-state index contributed by atoms with van der Waals surface area (Å²) in [5.41, 5.74) is 1.85. The molecule has 0 bridgehead atoms. The van der Waals surface area contributed by atoms with Crippen molar-refractivity contribution in [1.29, 1.82) is 0 Å². The van der Waals surface area contributed by atoms with Gasteiger partial charge < -0.3 is 10.2 Å². The van der Waals surface area contributed by atoms with E-state index in [0.717, 1.165) is 10.0 Å². The van der Waals surface area contributed by atoms with Crippen molar-refractivity contribution in [2.24, 2.45) is 4.99 Å². The fraction of sp³-hybridized carbons (Fsp3) is 0.0714. The van der Waals surface area contributed by atoms with E-state index in [1.54, 1.807) is 24.3 Å². The van der Waals surface area contributed by atoms with Crippen molar-refractivity contribution in [3.8, 4) is 11.5 Å². The molecule has 0 aliphatic rings. The number of phenolic OH excluding ortho intramolecular Hbond substituents is 2. The van der Waals surface area contributed by atoms with Crippen LogP contribution in [0.3, 0.4) is 0 Å². The van der Waals surface area contributed by atoms with Gasteiger partial charge in [-0.1, -0.05) is 33.6 Å². The summed E-state index contributed by atoms with van der Waals surface area (Å²) in [6, 6.07) is 8.46. The average Bonchev–Trinajstić information content (AvgIpc) is 2.33. The van der Waals surface area contributed by atoms with Crippen molar-refractivity contribution in [2.45, 2.75) is 6.92 Å². The normalized spacial score (nSPS) is 11.1. The van der Waals surface area contributed by atoms with E-state index in [9.17, 15) is 10.2 Å². The van der Waals surface area contributed by atoms with Crippen molar-refractivity contribution in [3.63, 3.8) is 0 Å². The predicted molar refractivity (Wildman–Crippen MR) is 80.9 cm³/mol. The van der Waals surface area contributed by atoms with Crippen LogP contribution < -0.4 is 0 Å². The molecule has 0 atom stereocenters. The van der Waals surface area contributed by atoms with Crippen LogP contribution in [0.15, 0.2) is 39.8 Å². The molecule has 0 spiro atoms. The van der Waals surface area contributed by atoms with E-state index in [2.05, 4.69) is 20.9 Å². The van der Waals surface area contributed by atoms with E-state index in [0.29, 0.717) is 11.3 Å². The van der Waals surface area contributed by atoms with Gasteiger partial charge in [0, 0.05) is 16.3 Å². The molecule has 0 saturated heterocycles. The molecule has 0 fully saturated rings. The number of halogens is 2. The standard InChI is InChI=1S/C14H11BrClNO2/c1-8-2-3-12(13(18)4-8)17-7-9-5-10(15)6-11(16)14(9)19/h2-7,18-19H,1H3. The molecule has 0 aromatic heterocycles. The molecule has 0 radical (unpaired) electrons. The van der Waals surface area contributed by atoms with Crippen molar-refractivity contribution < 1.29 is 10.2 Å². The highest BCUT2D eigenvalue weighted by Gasteiger charge is 2.06. The zero-order valence-electron chi connectivity index (χ0n) is 10.1. The number of benzene rings is 2. The maximum Gasteiger partial charge on any atom is 0.143 e. The van der Waals surface area contributed by atoms with Crippen molar-refractivity contribution in [3.05, 3.63) is 51.0 Å². The number of hydrogen-bond donors (Lipinski definition) is 2. The first-order chi connectivity index (χ1) is 8.97. The van der Waals surface area contributed by atoms with Gasteiger partial charge in [-0.3, -0.25) is 4.99 Å². The number of aryl methyl sites for hydroxylation is 1. The van der Waals surface area contributed by atoms with E-state index in [1.807, 2.05) is 13.0 Å². The Morgan fingerprint density at radius 2 is 1.95 bits per heavy atom. The van der Waals surface area contributed by atoms with Crippen molar-refractivity contribution in [1.82, 2.24) is 0 Å². The highest BCUT2D eigenvalue weighted by atomic mass is 79.9. The summed E-state index contributed by atoms with van der Waals surface area (Å²) in [7, 11) is 0. The Kier molecular flexibility index (Phi) is 4.12. The highest BCUT2D eigenvalue weighted by molar-refractivity contribution is 9.10. The molecule has 2 aromatic rings. The van der Waals surface area contributed by atoms with Crippen LogP contribution in [0.5, 0.6) is 11.5 Å². The molecule has 0 saturated carbocycles. The molecule has 3 nitrogen and oxygen atoms in total. The Hall–Kier alpha value is -1.52. The summed E-state index contributed by atoms with van der Waals surface area (Å²) in [4.78, 5) is 4.15. The summed E-state index contributed by atoms with van der Waals surface area (Å²) in [5.74, 6) is 0.0528. The first-order valence-electron chi connectivity index (χ1n) is 5.49. The number of phenols is 2. The lowest BCUT2D eigenvalue weighted by Gasteiger charge is -2.03. The summed E-state index contributed by atoms with van der Waals surface area (Å²) >= 11 is 9.15. The lowest BCUT2D eigenvalue weighted by molar-refractivity contribution is 0.474. The third-order valence-corrected chi connectivity index (χ3v) is 3.28.